The lowest BCUT2D eigenvalue weighted by atomic mass is 10.0. The minimum absolute atomic E-state index is 0.321. The van der Waals surface area contributed by atoms with Crippen molar-refractivity contribution in [2.24, 2.45) is 0 Å². The van der Waals surface area contributed by atoms with Gasteiger partial charge in [0.1, 0.15) is 0 Å². The molecule has 0 fully saturated rings. The fraction of sp³-hybridized carbons (Fsp3) is 0.222. The van der Waals surface area contributed by atoms with Gasteiger partial charge in [-0.05, 0) is 36.6 Å². The van der Waals surface area contributed by atoms with Crippen molar-refractivity contribution >= 4 is 31.9 Å². The molecule has 0 aliphatic carbocycles. The highest BCUT2D eigenvalue weighted by atomic mass is 79.9. The fourth-order valence-electron chi connectivity index (χ4n) is 0.892. The SMILES string of the molecule is [CH2]C(C)c1cc(Br)ccc1Br. The molecular weight excluding hydrogens is 268 g/mol. The molecule has 0 saturated heterocycles. The maximum absolute atomic E-state index is 3.96. The predicted molar refractivity (Wildman–Crippen MR) is 55.6 cm³/mol. The molecule has 0 spiro atoms. The highest BCUT2D eigenvalue weighted by molar-refractivity contribution is 9.11. The van der Waals surface area contributed by atoms with E-state index in [1.165, 1.54) is 5.56 Å². The van der Waals surface area contributed by atoms with Crippen LogP contribution in [0.1, 0.15) is 18.4 Å². The number of hydrogen-bond donors (Lipinski definition) is 0. The molecule has 2 heteroatoms. The molecule has 0 heterocycles. The molecule has 0 aliphatic rings. The van der Waals surface area contributed by atoms with Crippen molar-refractivity contribution in [2.75, 3.05) is 0 Å². The first-order valence-electron chi connectivity index (χ1n) is 3.39. The Bertz CT molecular complexity index is 254. The molecule has 1 unspecified atom stereocenters. The summed E-state index contributed by atoms with van der Waals surface area (Å²) in [6.07, 6.45) is 0. The molecule has 0 nitrogen and oxygen atoms in total. The second-order valence-corrected chi connectivity index (χ2v) is 4.34. The smallest absolute Gasteiger partial charge is 0.0210 e. The van der Waals surface area contributed by atoms with E-state index in [1.54, 1.807) is 0 Å². The van der Waals surface area contributed by atoms with Crippen LogP contribution in [0.25, 0.3) is 0 Å². The zero-order valence-corrected chi connectivity index (χ0v) is 9.44. The Morgan fingerprint density at radius 3 is 2.45 bits per heavy atom. The third-order valence-corrected chi connectivity index (χ3v) is 2.70. The molecule has 59 valence electrons. The molecule has 0 aliphatic heterocycles. The van der Waals surface area contributed by atoms with Crippen LogP contribution >= 0.6 is 31.9 Å². The monoisotopic (exact) mass is 275 g/mol. The van der Waals surface area contributed by atoms with Crippen molar-refractivity contribution in [2.45, 2.75) is 12.8 Å². The summed E-state index contributed by atoms with van der Waals surface area (Å²) < 4.78 is 2.23. The average Bonchev–Trinajstić information content (AvgIpc) is 1.94. The quantitative estimate of drug-likeness (QED) is 0.723. The van der Waals surface area contributed by atoms with E-state index in [9.17, 15) is 0 Å². The summed E-state index contributed by atoms with van der Waals surface area (Å²) in [7, 11) is 0. The summed E-state index contributed by atoms with van der Waals surface area (Å²) in [5.74, 6) is 0.321. The van der Waals surface area contributed by atoms with Crippen molar-refractivity contribution < 1.29 is 0 Å². The molecule has 1 rings (SSSR count). The van der Waals surface area contributed by atoms with Crippen molar-refractivity contribution in [1.29, 1.82) is 0 Å². The van der Waals surface area contributed by atoms with E-state index in [2.05, 4.69) is 51.8 Å². The van der Waals surface area contributed by atoms with Crippen LogP contribution in [0.4, 0.5) is 0 Å². The van der Waals surface area contributed by atoms with Gasteiger partial charge in [-0.1, -0.05) is 38.8 Å². The minimum atomic E-state index is 0.321. The fourth-order valence-corrected chi connectivity index (χ4v) is 1.91. The Hall–Kier alpha value is 0.180. The van der Waals surface area contributed by atoms with Crippen LogP contribution < -0.4 is 0 Å². The summed E-state index contributed by atoms with van der Waals surface area (Å²) in [6.45, 7) is 6.04. The molecule has 0 saturated carbocycles. The predicted octanol–water partition coefficient (Wildman–Crippen LogP) is 4.15. The largest absolute Gasteiger partial charge is 0.0584 e. The zero-order valence-electron chi connectivity index (χ0n) is 6.27. The number of hydrogen-bond acceptors (Lipinski definition) is 0. The van der Waals surface area contributed by atoms with Gasteiger partial charge in [0.05, 0.1) is 0 Å². The van der Waals surface area contributed by atoms with Crippen LogP contribution in [-0.4, -0.2) is 0 Å². The molecule has 1 radical (unpaired) electrons. The topological polar surface area (TPSA) is 0 Å². The van der Waals surface area contributed by atoms with Gasteiger partial charge in [-0.2, -0.15) is 0 Å². The second kappa shape index (κ2) is 3.72. The number of benzene rings is 1. The van der Waals surface area contributed by atoms with E-state index in [4.69, 9.17) is 0 Å². The molecule has 0 amide bonds. The van der Waals surface area contributed by atoms with Crippen LogP contribution in [0.2, 0.25) is 0 Å². The van der Waals surface area contributed by atoms with E-state index in [1.807, 2.05) is 12.1 Å². The van der Waals surface area contributed by atoms with Gasteiger partial charge in [0.15, 0.2) is 0 Å². The number of halogens is 2. The molecule has 1 aromatic rings. The first-order chi connectivity index (χ1) is 5.11. The molecule has 1 aromatic carbocycles. The molecule has 0 bridgehead atoms. The Labute approximate surface area is 84.3 Å². The molecule has 1 atom stereocenters. The van der Waals surface area contributed by atoms with E-state index >= 15 is 0 Å². The van der Waals surface area contributed by atoms with Gasteiger partial charge in [0.25, 0.3) is 0 Å². The third kappa shape index (κ3) is 2.31. The van der Waals surface area contributed by atoms with Gasteiger partial charge in [-0.3, -0.25) is 0 Å². The van der Waals surface area contributed by atoms with E-state index in [0.717, 1.165) is 8.95 Å². The van der Waals surface area contributed by atoms with Gasteiger partial charge in [0, 0.05) is 8.95 Å². The standard InChI is InChI=1S/C9H9Br2/c1-6(2)8-5-7(10)3-4-9(8)11/h3-6H,1H2,2H3. The van der Waals surface area contributed by atoms with Gasteiger partial charge in [-0.15, -0.1) is 0 Å². The van der Waals surface area contributed by atoms with Crippen LogP contribution in [0.5, 0.6) is 0 Å². The number of rotatable bonds is 1. The lowest BCUT2D eigenvalue weighted by molar-refractivity contribution is 0.955. The van der Waals surface area contributed by atoms with Gasteiger partial charge < -0.3 is 0 Å². The van der Waals surface area contributed by atoms with Crippen molar-refractivity contribution in [3.8, 4) is 0 Å². The summed E-state index contributed by atoms with van der Waals surface area (Å²) in [6, 6.07) is 6.12. The van der Waals surface area contributed by atoms with E-state index in [0.29, 0.717) is 5.92 Å². The van der Waals surface area contributed by atoms with Gasteiger partial charge in [-0.25, -0.2) is 0 Å². The van der Waals surface area contributed by atoms with Crippen molar-refractivity contribution in [3.05, 3.63) is 39.6 Å². The highest BCUT2D eigenvalue weighted by Gasteiger charge is 2.03. The molecule has 11 heavy (non-hydrogen) atoms. The van der Waals surface area contributed by atoms with Gasteiger partial charge >= 0.3 is 0 Å². The van der Waals surface area contributed by atoms with Crippen molar-refractivity contribution in [3.63, 3.8) is 0 Å². The molecular formula is C9H9Br2. The first-order valence-corrected chi connectivity index (χ1v) is 4.98. The van der Waals surface area contributed by atoms with Gasteiger partial charge in [0.2, 0.25) is 0 Å². The maximum Gasteiger partial charge on any atom is 0.0210 e. The van der Waals surface area contributed by atoms with E-state index < -0.39 is 0 Å². The summed E-state index contributed by atoms with van der Waals surface area (Å²) in [4.78, 5) is 0. The Kier molecular flexibility index (Phi) is 3.14. The highest BCUT2D eigenvalue weighted by Crippen LogP contribution is 2.27. The Morgan fingerprint density at radius 1 is 1.36 bits per heavy atom. The summed E-state index contributed by atoms with van der Waals surface area (Å²) in [5.41, 5.74) is 1.24. The van der Waals surface area contributed by atoms with Crippen molar-refractivity contribution in [1.82, 2.24) is 0 Å². The normalized spacial score (nSPS) is 10.6. The van der Waals surface area contributed by atoms with Crippen LogP contribution in [-0.2, 0) is 0 Å². The molecule has 0 N–H and O–H groups in total. The zero-order chi connectivity index (χ0) is 8.43. The Balaban J connectivity index is 3.13. The van der Waals surface area contributed by atoms with Crippen LogP contribution in [0, 0.1) is 6.92 Å². The lowest BCUT2D eigenvalue weighted by Gasteiger charge is -2.07. The van der Waals surface area contributed by atoms with Crippen LogP contribution in [0.3, 0.4) is 0 Å². The average molecular weight is 277 g/mol. The summed E-state index contributed by atoms with van der Waals surface area (Å²) >= 11 is 6.89. The maximum atomic E-state index is 3.96. The Morgan fingerprint density at radius 2 is 2.00 bits per heavy atom. The minimum Gasteiger partial charge on any atom is -0.0584 e. The van der Waals surface area contributed by atoms with E-state index in [-0.39, 0.29) is 0 Å². The summed E-state index contributed by atoms with van der Waals surface area (Å²) in [5, 5.41) is 0. The van der Waals surface area contributed by atoms with Crippen LogP contribution in [0.15, 0.2) is 27.1 Å². The second-order valence-electron chi connectivity index (χ2n) is 2.57. The lowest BCUT2D eigenvalue weighted by Crippen LogP contribution is -1.88. The molecule has 0 aromatic heterocycles. The third-order valence-electron chi connectivity index (χ3n) is 1.49. The first kappa shape index (κ1) is 9.27.